The molecule has 1 aromatic carbocycles. The van der Waals surface area contributed by atoms with Crippen molar-refractivity contribution in [1.29, 1.82) is 0 Å². The maximum absolute atomic E-state index is 12.2. The van der Waals surface area contributed by atoms with Crippen molar-refractivity contribution in [3.8, 4) is 12.3 Å². The van der Waals surface area contributed by atoms with Gasteiger partial charge in [0.1, 0.15) is 6.54 Å². The van der Waals surface area contributed by atoms with Crippen molar-refractivity contribution in [2.24, 2.45) is 10.4 Å². The molecule has 6 heteroatoms. The smallest absolute Gasteiger partial charge is 0.246 e. The Balaban J connectivity index is 0.00000338. The lowest BCUT2D eigenvalue weighted by atomic mass is 9.65. The molecule has 0 spiro atoms. The van der Waals surface area contributed by atoms with E-state index in [-0.39, 0.29) is 47.4 Å². The minimum absolute atomic E-state index is 0. The fraction of sp³-hybridized carbons (Fsp3) is 0.500. The van der Waals surface area contributed by atoms with Crippen molar-refractivity contribution in [3.05, 3.63) is 29.8 Å². The van der Waals surface area contributed by atoms with Gasteiger partial charge in [-0.15, -0.1) is 30.4 Å². The molecule has 0 atom stereocenters. The molecule has 2 rings (SSSR count). The number of anilines is 1. The van der Waals surface area contributed by atoms with Crippen LogP contribution >= 0.6 is 24.0 Å². The van der Waals surface area contributed by atoms with Crippen LogP contribution < -0.4 is 10.6 Å². The SMILES string of the molecule is C#Cc1cccc(NC(=O)CN=C(NCC)N2CC(C)(C)C2(C)C)c1.I. The molecule has 1 saturated heterocycles. The summed E-state index contributed by atoms with van der Waals surface area (Å²) >= 11 is 0. The van der Waals surface area contributed by atoms with Crippen LogP contribution in [0, 0.1) is 17.8 Å². The number of carbonyl (C=O) groups excluding carboxylic acids is 1. The zero-order valence-electron chi connectivity index (χ0n) is 16.2. The molecule has 0 unspecified atom stereocenters. The van der Waals surface area contributed by atoms with Crippen molar-refractivity contribution >= 4 is 41.5 Å². The van der Waals surface area contributed by atoms with E-state index in [2.05, 4.69) is 54.1 Å². The van der Waals surface area contributed by atoms with Gasteiger partial charge in [0.2, 0.25) is 5.91 Å². The van der Waals surface area contributed by atoms with Gasteiger partial charge in [0.15, 0.2) is 5.96 Å². The van der Waals surface area contributed by atoms with Crippen molar-refractivity contribution in [2.75, 3.05) is 25.0 Å². The minimum atomic E-state index is -0.165. The molecule has 1 fully saturated rings. The maximum atomic E-state index is 12.2. The number of halogens is 1. The number of nitrogens with zero attached hydrogens (tertiary/aromatic N) is 2. The summed E-state index contributed by atoms with van der Waals surface area (Å²) in [6.45, 7) is 12.7. The first-order valence-electron chi connectivity index (χ1n) is 8.64. The van der Waals surface area contributed by atoms with E-state index >= 15 is 0 Å². The summed E-state index contributed by atoms with van der Waals surface area (Å²) in [7, 11) is 0. The second-order valence-corrected chi connectivity index (χ2v) is 7.47. The zero-order chi connectivity index (χ0) is 18.7. The number of terminal acetylenes is 1. The summed E-state index contributed by atoms with van der Waals surface area (Å²) in [5.74, 6) is 3.17. The lowest BCUT2D eigenvalue weighted by Crippen LogP contribution is -2.72. The van der Waals surface area contributed by atoms with Gasteiger partial charge in [-0.3, -0.25) is 4.79 Å². The van der Waals surface area contributed by atoms with Crippen LogP contribution in [0.1, 0.15) is 40.2 Å². The second-order valence-electron chi connectivity index (χ2n) is 7.47. The Hall–Kier alpha value is -1.75. The van der Waals surface area contributed by atoms with E-state index in [1.807, 2.05) is 25.1 Å². The highest BCUT2D eigenvalue weighted by atomic mass is 127. The number of likely N-dealkylation sites (tertiary alicyclic amines) is 1. The number of guanidine groups is 1. The van der Waals surface area contributed by atoms with Crippen molar-refractivity contribution in [3.63, 3.8) is 0 Å². The van der Waals surface area contributed by atoms with Crippen LogP contribution in [0.3, 0.4) is 0 Å². The van der Waals surface area contributed by atoms with E-state index in [4.69, 9.17) is 6.42 Å². The summed E-state index contributed by atoms with van der Waals surface area (Å²) in [4.78, 5) is 19.0. The molecule has 2 N–H and O–H groups in total. The van der Waals surface area contributed by atoms with E-state index < -0.39 is 0 Å². The first-order chi connectivity index (χ1) is 11.7. The van der Waals surface area contributed by atoms with Gasteiger partial charge < -0.3 is 15.5 Å². The lowest BCUT2D eigenvalue weighted by molar-refractivity contribution is -0.115. The average molecular weight is 468 g/mol. The minimum Gasteiger partial charge on any atom is -0.356 e. The van der Waals surface area contributed by atoms with Gasteiger partial charge in [-0.25, -0.2) is 4.99 Å². The molecule has 142 valence electrons. The van der Waals surface area contributed by atoms with E-state index in [1.165, 1.54) is 0 Å². The molecular weight excluding hydrogens is 439 g/mol. The van der Waals surface area contributed by atoms with E-state index in [0.29, 0.717) is 5.69 Å². The van der Waals surface area contributed by atoms with Crippen LogP contribution in [-0.2, 0) is 4.79 Å². The molecule has 0 bridgehead atoms. The molecule has 0 aromatic heterocycles. The van der Waals surface area contributed by atoms with Crippen molar-refractivity contribution in [2.45, 2.75) is 40.2 Å². The highest BCUT2D eigenvalue weighted by Gasteiger charge is 2.53. The van der Waals surface area contributed by atoms with Crippen LogP contribution in [0.25, 0.3) is 0 Å². The van der Waals surface area contributed by atoms with Crippen LogP contribution in [0.15, 0.2) is 29.3 Å². The molecule has 1 aliphatic heterocycles. The molecule has 26 heavy (non-hydrogen) atoms. The number of hydrogen-bond donors (Lipinski definition) is 2. The number of benzene rings is 1. The predicted octanol–water partition coefficient (Wildman–Crippen LogP) is 3.31. The first-order valence-corrected chi connectivity index (χ1v) is 8.64. The third-order valence-corrected chi connectivity index (χ3v) is 5.16. The van der Waals surface area contributed by atoms with Gasteiger partial charge in [-0.1, -0.05) is 25.8 Å². The maximum Gasteiger partial charge on any atom is 0.246 e. The van der Waals surface area contributed by atoms with Crippen LogP contribution in [0.2, 0.25) is 0 Å². The Morgan fingerprint density at radius 3 is 2.58 bits per heavy atom. The number of rotatable bonds is 4. The summed E-state index contributed by atoms with van der Waals surface area (Å²) in [6.07, 6.45) is 5.39. The van der Waals surface area contributed by atoms with Gasteiger partial charge in [-0.05, 0) is 39.0 Å². The average Bonchev–Trinajstić information content (AvgIpc) is 2.57. The normalized spacial score (nSPS) is 17.4. The summed E-state index contributed by atoms with van der Waals surface area (Å²) in [5, 5.41) is 6.12. The topological polar surface area (TPSA) is 56.7 Å². The molecule has 0 saturated carbocycles. The third-order valence-electron chi connectivity index (χ3n) is 5.16. The fourth-order valence-electron chi connectivity index (χ4n) is 2.83. The standard InChI is InChI=1S/C20H28N4O.HI/c1-7-15-10-9-11-16(12-15)23-17(25)13-22-18(21-8-2)24-14-19(3,4)20(24,5)6;/h1,9-12H,8,13-14H2,2-6H3,(H,21,22)(H,23,25);1H. The third kappa shape index (κ3) is 4.70. The van der Waals surface area contributed by atoms with Gasteiger partial charge in [-0.2, -0.15) is 0 Å². The number of carbonyl (C=O) groups is 1. The molecule has 0 radical (unpaired) electrons. The monoisotopic (exact) mass is 468 g/mol. The van der Waals surface area contributed by atoms with Gasteiger partial charge in [0, 0.05) is 35.3 Å². The van der Waals surface area contributed by atoms with Gasteiger partial charge in [0.05, 0.1) is 0 Å². The van der Waals surface area contributed by atoms with Gasteiger partial charge in [0.25, 0.3) is 0 Å². The fourth-order valence-corrected chi connectivity index (χ4v) is 2.83. The first kappa shape index (κ1) is 22.3. The number of aliphatic imine (C=N–C) groups is 1. The van der Waals surface area contributed by atoms with Crippen LogP contribution in [-0.4, -0.2) is 41.9 Å². The summed E-state index contributed by atoms with van der Waals surface area (Å²) in [6, 6.07) is 7.23. The van der Waals surface area contributed by atoms with Crippen LogP contribution in [0.4, 0.5) is 5.69 Å². The molecular formula is C20H29IN4O. The lowest BCUT2D eigenvalue weighted by Gasteiger charge is -2.62. The quantitative estimate of drug-likeness (QED) is 0.309. The van der Waals surface area contributed by atoms with Crippen LogP contribution in [0.5, 0.6) is 0 Å². The molecule has 0 aliphatic carbocycles. The molecule has 1 aliphatic rings. The summed E-state index contributed by atoms with van der Waals surface area (Å²) in [5.41, 5.74) is 1.62. The Kier molecular flexibility index (Phi) is 7.51. The Labute approximate surface area is 174 Å². The summed E-state index contributed by atoms with van der Waals surface area (Å²) < 4.78 is 0. The zero-order valence-corrected chi connectivity index (χ0v) is 18.5. The Bertz CT molecular complexity index is 719. The molecule has 1 heterocycles. The van der Waals surface area contributed by atoms with Gasteiger partial charge >= 0.3 is 0 Å². The van der Waals surface area contributed by atoms with Crippen molar-refractivity contribution < 1.29 is 4.79 Å². The molecule has 1 amide bonds. The Morgan fingerprint density at radius 2 is 2.04 bits per heavy atom. The number of hydrogen-bond acceptors (Lipinski definition) is 2. The number of amides is 1. The van der Waals surface area contributed by atoms with E-state index in [1.54, 1.807) is 6.07 Å². The second kappa shape index (κ2) is 8.76. The largest absolute Gasteiger partial charge is 0.356 e. The van der Waals surface area contributed by atoms with E-state index in [0.717, 1.165) is 24.6 Å². The predicted molar refractivity (Wildman–Crippen MR) is 119 cm³/mol. The van der Waals surface area contributed by atoms with E-state index in [9.17, 15) is 4.79 Å². The highest BCUT2D eigenvalue weighted by Crippen LogP contribution is 2.46. The number of nitrogens with one attached hydrogen (secondary N) is 2. The Morgan fingerprint density at radius 1 is 1.35 bits per heavy atom. The molecule has 5 nitrogen and oxygen atoms in total. The van der Waals surface area contributed by atoms with Crippen molar-refractivity contribution in [1.82, 2.24) is 10.2 Å². The molecule has 1 aromatic rings. The highest BCUT2D eigenvalue weighted by molar-refractivity contribution is 14.0.